The molecule has 4 aromatic rings. The number of carbonyl (C=O) groups excluding carboxylic acids is 6. The van der Waals surface area contributed by atoms with E-state index in [9.17, 15) is 42.1 Å². The maximum absolute atomic E-state index is 14.8. The number of alkyl halides is 2. The van der Waals surface area contributed by atoms with Gasteiger partial charge < -0.3 is 46.9 Å². The van der Waals surface area contributed by atoms with Crippen molar-refractivity contribution < 1.29 is 89.1 Å². The van der Waals surface area contributed by atoms with Gasteiger partial charge in [-0.25, -0.2) is 19.2 Å². The van der Waals surface area contributed by atoms with Crippen LogP contribution in [0.5, 0.6) is 0 Å². The molecule has 6 rings (SSSR count). The molecule has 8 atom stereocenters. The quantitative estimate of drug-likeness (QED) is 0.0684. The van der Waals surface area contributed by atoms with Gasteiger partial charge >= 0.3 is 49.6 Å². The number of rotatable bonds is 17. The molecule has 2 fully saturated rings. The van der Waals surface area contributed by atoms with Gasteiger partial charge in [-0.3, -0.25) is 14.2 Å². The van der Waals surface area contributed by atoms with Gasteiger partial charge in [-0.05, 0) is 48.5 Å². The topological polar surface area (TPSA) is 212 Å². The van der Waals surface area contributed by atoms with Crippen molar-refractivity contribution in [3.63, 3.8) is 0 Å². The number of carbonyl (C=O) groups is 6. The molecule has 0 radical (unpaired) electrons. The van der Waals surface area contributed by atoms with Crippen molar-refractivity contribution in [2.24, 2.45) is 0 Å². The minimum Gasteiger partial charge on any atom is -0.452 e. The van der Waals surface area contributed by atoms with Gasteiger partial charge in [0.2, 0.25) is 24.8 Å². The molecular weight excluding hydrogens is 857 g/mol. The SMILES string of the molecule is CC(=O)O[C@H]1O[C@H](COP(=O)(OC[C@H]2O[C@H](OC(C)=O)[C@H](OC(=O)c3ccccc3)[C@@H]2OC(=O)c2ccccc2)C(F)F)[C@@H](OC(=O)c2ccccc2)[C@H]1OC(=O)c1ccccc1. The van der Waals surface area contributed by atoms with Crippen LogP contribution in [0.2, 0.25) is 0 Å². The van der Waals surface area contributed by atoms with Crippen LogP contribution in [-0.4, -0.2) is 104 Å². The summed E-state index contributed by atoms with van der Waals surface area (Å²) >= 11 is 0. The molecule has 332 valence electrons. The fraction of sp³-hybridized carbons (Fsp3) is 0.302. The minimum absolute atomic E-state index is 0.0155. The van der Waals surface area contributed by atoms with Gasteiger partial charge in [0.05, 0.1) is 35.5 Å². The van der Waals surface area contributed by atoms with Crippen LogP contribution in [0.25, 0.3) is 0 Å². The van der Waals surface area contributed by atoms with Gasteiger partial charge in [0, 0.05) is 13.8 Å². The van der Waals surface area contributed by atoms with Gasteiger partial charge in [-0.1, -0.05) is 72.8 Å². The molecule has 63 heavy (non-hydrogen) atoms. The van der Waals surface area contributed by atoms with Gasteiger partial charge in [-0.15, -0.1) is 0 Å². The van der Waals surface area contributed by atoms with Gasteiger partial charge in [0.25, 0.3) is 0 Å². The van der Waals surface area contributed by atoms with Crippen molar-refractivity contribution >= 4 is 43.4 Å². The second-order valence-corrected chi connectivity index (χ2v) is 15.6. The molecule has 0 aromatic heterocycles. The van der Waals surface area contributed by atoms with E-state index in [-0.39, 0.29) is 22.3 Å². The number of hydrogen-bond acceptors (Lipinski definition) is 17. The Labute approximate surface area is 357 Å². The lowest BCUT2D eigenvalue weighted by Crippen LogP contribution is -2.43. The summed E-state index contributed by atoms with van der Waals surface area (Å²) in [5, 5.41) is 0. The van der Waals surface area contributed by atoms with Crippen molar-refractivity contribution in [1.29, 1.82) is 0 Å². The third-order valence-electron chi connectivity index (χ3n) is 9.19. The number of halogens is 2. The number of hydrogen-bond donors (Lipinski definition) is 0. The van der Waals surface area contributed by atoms with Crippen molar-refractivity contribution in [2.75, 3.05) is 13.2 Å². The maximum Gasteiger partial charge on any atom is 0.396 e. The lowest BCUT2D eigenvalue weighted by atomic mass is 10.1. The summed E-state index contributed by atoms with van der Waals surface area (Å²) in [6.45, 7) is -0.225. The van der Waals surface area contributed by atoms with E-state index in [1.165, 1.54) is 97.1 Å². The molecule has 0 aliphatic carbocycles. The highest BCUT2D eigenvalue weighted by molar-refractivity contribution is 7.54. The Kier molecular flexibility index (Phi) is 15.5. The standard InChI is InChI=1S/C43H39F2O17P/c1-25(46)55-41-35(61-39(50)29-19-11-5-12-20-29)33(59-37(48)27-15-7-3-8-16-27)31(57-41)23-53-63(52,43(44)45)54-24-32-34(60-38(49)28-17-9-4-10-18-28)36(42(58-32)56-26(2)47)62-40(51)30-21-13-6-14-22-30/h3-22,31-36,41-43H,23-24H2,1-2H3/t31-,32-,33-,34-,35-,36-,41+,42+/m1/s1. The summed E-state index contributed by atoms with van der Waals surface area (Å²) in [7, 11) is -5.62. The Balaban J connectivity index is 1.25. The smallest absolute Gasteiger partial charge is 0.396 e. The average molecular weight is 897 g/mol. The van der Waals surface area contributed by atoms with E-state index < -0.39 is 112 Å². The van der Waals surface area contributed by atoms with Gasteiger partial charge in [-0.2, -0.15) is 8.78 Å². The molecule has 0 bridgehead atoms. The second-order valence-electron chi connectivity index (χ2n) is 13.7. The fourth-order valence-corrected chi connectivity index (χ4v) is 7.28. The Morgan fingerprint density at radius 2 is 0.746 bits per heavy atom. The third-order valence-corrected chi connectivity index (χ3v) is 10.7. The van der Waals surface area contributed by atoms with E-state index >= 15 is 0 Å². The largest absolute Gasteiger partial charge is 0.452 e. The zero-order valence-electron chi connectivity index (χ0n) is 33.3. The van der Waals surface area contributed by atoms with Crippen molar-refractivity contribution in [3.8, 4) is 0 Å². The average Bonchev–Trinajstić information content (AvgIpc) is 3.76. The molecule has 0 N–H and O–H groups in total. The highest BCUT2D eigenvalue weighted by atomic mass is 31.2. The van der Waals surface area contributed by atoms with E-state index in [1.807, 2.05) is 0 Å². The van der Waals surface area contributed by atoms with Crippen LogP contribution in [-0.2, 0) is 61.1 Å². The van der Waals surface area contributed by atoms with E-state index in [1.54, 1.807) is 24.3 Å². The molecule has 17 nitrogen and oxygen atoms in total. The molecule has 2 aliphatic heterocycles. The highest BCUT2D eigenvalue weighted by Crippen LogP contribution is 2.55. The summed E-state index contributed by atoms with van der Waals surface area (Å²) in [4.78, 5) is 77.4. The first kappa shape index (κ1) is 46.1. The summed E-state index contributed by atoms with van der Waals surface area (Å²) < 4.78 is 98.4. The van der Waals surface area contributed by atoms with Crippen molar-refractivity contribution in [3.05, 3.63) is 144 Å². The first-order chi connectivity index (χ1) is 30.2. The molecule has 0 amide bonds. The molecule has 2 aliphatic rings. The summed E-state index contributed by atoms with van der Waals surface area (Å²) in [6.07, 6.45) is -17.7. The summed E-state index contributed by atoms with van der Waals surface area (Å²) in [5.74, 6) is -5.79. The lowest BCUT2D eigenvalue weighted by molar-refractivity contribution is -0.187. The fourth-order valence-electron chi connectivity index (χ4n) is 6.27. The number of ether oxygens (including phenoxy) is 8. The van der Waals surface area contributed by atoms with E-state index in [0.29, 0.717) is 0 Å². The predicted octanol–water partition coefficient (Wildman–Crippen LogP) is 5.91. The normalized spacial score (nSPS) is 23.8. The van der Waals surface area contributed by atoms with Crippen LogP contribution in [0, 0.1) is 0 Å². The number of benzene rings is 4. The Hall–Kier alpha value is -6.37. The molecule has 0 unspecified atom stereocenters. The van der Waals surface area contributed by atoms with Crippen LogP contribution in [0.3, 0.4) is 0 Å². The molecule has 2 saturated heterocycles. The van der Waals surface area contributed by atoms with Crippen LogP contribution in [0.1, 0.15) is 55.3 Å². The number of esters is 6. The van der Waals surface area contributed by atoms with Crippen LogP contribution in [0.4, 0.5) is 8.78 Å². The third kappa shape index (κ3) is 12.0. The molecule has 4 aromatic carbocycles. The van der Waals surface area contributed by atoms with Crippen molar-refractivity contribution in [2.45, 2.75) is 69.2 Å². The van der Waals surface area contributed by atoms with Crippen LogP contribution < -0.4 is 0 Å². The van der Waals surface area contributed by atoms with Crippen LogP contribution >= 0.6 is 7.60 Å². The van der Waals surface area contributed by atoms with Gasteiger partial charge in [0.15, 0.2) is 12.2 Å². The molecule has 0 saturated carbocycles. The molecule has 0 spiro atoms. The maximum atomic E-state index is 14.8. The Morgan fingerprint density at radius 1 is 0.476 bits per heavy atom. The summed E-state index contributed by atoms with van der Waals surface area (Å²) in [6, 6.07) is 30.0. The Morgan fingerprint density at radius 3 is 1.00 bits per heavy atom. The van der Waals surface area contributed by atoms with Gasteiger partial charge in [0.1, 0.15) is 12.2 Å². The first-order valence-electron chi connectivity index (χ1n) is 19.1. The highest BCUT2D eigenvalue weighted by Gasteiger charge is 2.55. The van der Waals surface area contributed by atoms with E-state index in [4.69, 9.17) is 46.9 Å². The van der Waals surface area contributed by atoms with E-state index in [0.717, 1.165) is 13.8 Å². The minimum atomic E-state index is -5.62. The second kappa shape index (κ2) is 21.1. The molecule has 20 heteroatoms. The zero-order valence-corrected chi connectivity index (χ0v) is 34.2. The van der Waals surface area contributed by atoms with Crippen LogP contribution in [0.15, 0.2) is 121 Å². The summed E-state index contributed by atoms with van der Waals surface area (Å²) in [5.41, 5.74) is 0.109. The molecular formula is C43H39F2O17P. The first-order valence-corrected chi connectivity index (χ1v) is 20.7. The molecule has 2 heterocycles. The zero-order chi connectivity index (χ0) is 45.1. The monoisotopic (exact) mass is 896 g/mol. The predicted molar refractivity (Wildman–Crippen MR) is 209 cm³/mol. The van der Waals surface area contributed by atoms with Crippen molar-refractivity contribution in [1.82, 2.24) is 0 Å². The van der Waals surface area contributed by atoms with E-state index in [2.05, 4.69) is 0 Å². The lowest BCUT2D eigenvalue weighted by Gasteiger charge is -2.26. The Bertz CT molecular complexity index is 2120.